The van der Waals surface area contributed by atoms with Crippen LogP contribution in [0.3, 0.4) is 0 Å². The van der Waals surface area contributed by atoms with Crippen LogP contribution in [0.5, 0.6) is 0 Å². The Morgan fingerprint density at radius 2 is 2.14 bits per heavy atom. The second-order valence-electron chi connectivity index (χ2n) is 5.11. The summed E-state index contributed by atoms with van der Waals surface area (Å²) >= 11 is 0. The summed E-state index contributed by atoms with van der Waals surface area (Å²) in [6.45, 7) is 6.27. The molecule has 0 spiro atoms. The molecule has 1 aromatic rings. The van der Waals surface area contributed by atoms with Crippen LogP contribution in [0.2, 0.25) is 0 Å². The van der Waals surface area contributed by atoms with Crippen molar-refractivity contribution in [2.24, 2.45) is 9.98 Å². The van der Waals surface area contributed by atoms with E-state index in [1.807, 2.05) is 39.1 Å². The van der Waals surface area contributed by atoms with Gasteiger partial charge in [0.1, 0.15) is 5.82 Å². The summed E-state index contributed by atoms with van der Waals surface area (Å²) in [5.41, 5.74) is 3.40. The number of hydrogen-bond donors (Lipinski definition) is 0. The van der Waals surface area contributed by atoms with Crippen LogP contribution in [0.1, 0.15) is 25.0 Å². The third kappa shape index (κ3) is 3.64. The van der Waals surface area contributed by atoms with E-state index in [1.165, 1.54) is 5.71 Å². The van der Waals surface area contributed by atoms with Gasteiger partial charge in [-0.3, -0.25) is 14.9 Å². The lowest BCUT2D eigenvalue weighted by Crippen LogP contribution is -2.47. The highest BCUT2D eigenvalue weighted by atomic mass is 19.1. The minimum absolute atomic E-state index is 0.135. The maximum Gasteiger partial charge on any atom is 0.134 e. The number of likely N-dealkylation sites (tertiary alicyclic amines) is 1. The highest BCUT2D eigenvalue weighted by molar-refractivity contribution is 6.09. The topological polar surface area (TPSA) is 28.0 Å². The number of rotatable bonds is 5. The molecule has 1 aliphatic rings. The summed E-state index contributed by atoms with van der Waals surface area (Å²) in [7, 11) is 1.82. The van der Waals surface area contributed by atoms with Crippen molar-refractivity contribution in [3.8, 4) is 0 Å². The first-order chi connectivity index (χ1) is 10.2. The highest BCUT2D eigenvalue weighted by Gasteiger charge is 2.19. The average molecular weight is 287 g/mol. The van der Waals surface area contributed by atoms with Gasteiger partial charge in [0.15, 0.2) is 0 Å². The summed E-state index contributed by atoms with van der Waals surface area (Å²) in [6, 6.07) is 5.53. The van der Waals surface area contributed by atoms with Gasteiger partial charge < -0.3 is 0 Å². The van der Waals surface area contributed by atoms with Crippen LogP contribution in [0.15, 0.2) is 34.3 Å². The first-order valence-corrected chi connectivity index (χ1v) is 7.30. The number of hydrogen-bond acceptors (Lipinski definition) is 3. The number of aliphatic imine (C=N–C) groups is 2. The van der Waals surface area contributed by atoms with Crippen molar-refractivity contribution in [2.45, 2.75) is 20.3 Å². The summed E-state index contributed by atoms with van der Waals surface area (Å²) in [5, 5.41) is 0. The van der Waals surface area contributed by atoms with Gasteiger partial charge in [-0.25, -0.2) is 4.39 Å². The zero-order valence-corrected chi connectivity index (χ0v) is 12.9. The smallest absolute Gasteiger partial charge is 0.134 e. The Kier molecular flexibility index (Phi) is 5.39. The normalized spacial score (nSPS) is 16.4. The quantitative estimate of drug-likeness (QED) is 0.764. The minimum atomic E-state index is -0.135. The molecule has 1 aliphatic heterocycles. The molecule has 1 heterocycles. The monoisotopic (exact) mass is 287 g/mol. The molecule has 0 N–H and O–H groups in total. The highest BCUT2D eigenvalue weighted by Crippen LogP contribution is 2.20. The van der Waals surface area contributed by atoms with Crippen LogP contribution in [0.4, 0.5) is 4.39 Å². The lowest BCUT2D eigenvalue weighted by atomic mass is 10.0. The van der Waals surface area contributed by atoms with E-state index in [2.05, 4.69) is 14.9 Å². The number of allylic oxidation sites excluding steroid dienone is 2. The fourth-order valence-corrected chi connectivity index (χ4v) is 2.34. The van der Waals surface area contributed by atoms with E-state index in [0.29, 0.717) is 18.7 Å². The van der Waals surface area contributed by atoms with Gasteiger partial charge in [0.25, 0.3) is 0 Å². The van der Waals surface area contributed by atoms with E-state index in [9.17, 15) is 4.39 Å². The first kappa shape index (κ1) is 15.6. The van der Waals surface area contributed by atoms with E-state index in [4.69, 9.17) is 0 Å². The Hall–Kier alpha value is -1.81. The van der Waals surface area contributed by atoms with Crippen molar-refractivity contribution in [2.75, 3.05) is 26.8 Å². The predicted molar refractivity (Wildman–Crippen MR) is 87.7 cm³/mol. The Morgan fingerprint density at radius 3 is 2.76 bits per heavy atom. The Morgan fingerprint density at radius 1 is 1.38 bits per heavy atom. The number of nitrogens with zero attached hydrogens (tertiary/aromatic N) is 3. The minimum Gasteiger partial charge on any atom is -0.295 e. The van der Waals surface area contributed by atoms with Gasteiger partial charge in [0.05, 0.1) is 6.67 Å². The zero-order chi connectivity index (χ0) is 15.2. The lowest BCUT2D eigenvalue weighted by molar-refractivity contribution is 0.316. The number of aryl methyl sites for hydroxylation is 1. The van der Waals surface area contributed by atoms with Crippen molar-refractivity contribution in [1.29, 1.82) is 0 Å². The van der Waals surface area contributed by atoms with Gasteiger partial charge in [-0.15, -0.1) is 0 Å². The molecule has 0 aromatic heterocycles. The second kappa shape index (κ2) is 7.27. The molecule has 0 amide bonds. The summed E-state index contributed by atoms with van der Waals surface area (Å²) in [5.74, 6) is -0.135. The summed E-state index contributed by atoms with van der Waals surface area (Å²) in [6.07, 6.45) is 4.36. The zero-order valence-electron chi connectivity index (χ0n) is 12.9. The number of halogens is 1. The van der Waals surface area contributed by atoms with Gasteiger partial charge in [0, 0.05) is 37.6 Å². The van der Waals surface area contributed by atoms with Crippen molar-refractivity contribution in [3.05, 3.63) is 41.2 Å². The molecule has 0 unspecified atom stereocenters. The van der Waals surface area contributed by atoms with Crippen molar-refractivity contribution < 1.29 is 4.39 Å². The van der Waals surface area contributed by atoms with Crippen LogP contribution in [-0.4, -0.2) is 43.6 Å². The van der Waals surface area contributed by atoms with Gasteiger partial charge in [-0.1, -0.05) is 31.2 Å². The Balaban J connectivity index is 2.04. The molecule has 1 fully saturated rings. The van der Waals surface area contributed by atoms with E-state index >= 15 is 0 Å². The van der Waals surface area contributed by atoms with Crippen LogP contribution < -0.4 is 0 Å². The predicted octanol–water partition coefficient (Wildman–Crippen LogP) is 3.21. The maximum absolute atomic E-state index is 14.3. The second-order valence-corrected chi connectivity index (χ2v) is 5.11. The first-order valence-electron chi connectivity index (χ1n) is 7.30. The molecule has 0 bridgehead atoms. The molecule has 112 valence electrons. The standard InChI is InChI=1S/C17H22FN3/c1-4-13-7-6-8-16(17(13)18)14(5-2)9-20-12-21-10-15(11-21)19-3/h5-9H,4,10-12H2,1-3H3/b14-5+,20-9-. The molecule has 2 rings (SSSR count). The molecule has 3 nitrogen and oxygen atoms in total. The van der Waals surface area contributed by atoms with Gasteiger partial charge >= 0.3 is 0 Å². The summed E-state index contributed by atoms with van der Waals surface area (Å²) in [4.78, 5) is 10.7. The summed E-state index contributed by atoms with van der Waals surface area (Å²) < 4.78 is 14.3. The van der Waals surface area contributed by atoms with E-state index in [0.717, 1.165) is 24.2 Å². The van der Waals surface area contributed by atoms with E-state index < -0.39 is 0 Å². The fourth-order valence-electron chi connectivity index (χ4n) is 2.34. The molecule has 0 atom stereocenters. The molecular weight excluding hydrogens is 265 g/mol. The van der Waals surface area contributed by atoms with Crippen molar-refractivity contribution in [3.63, 3.8) is 0 Å². The average Bonchev–Trinajstić information content (AvgIpc) is 2.46. The molecule has 0 aliphatic carbocycles. The van der Waals surface area contributed by atoms with E-state index in [-0.39, 0.29) is 5.82 Å². The van der Waals surface area contributed by atoms with Crippen LogP contribution in [0.25, 0.3) is 5.57 Å². The molecule has 4 heteroatoms. The largest absolute Gasteiger partial charge is 0.295 e. The Bertz CT molecular complexity index is 580. The Labute approximate surface area is 125 Å². The van der Waals surface area contributed by atoms with Crippen LogP contribution in [0, 0.1) is 5.82 Å². The molecule has 1 aromatic carbocycles. The van der Waals surface area contributed by atoms with Gasteiger partial charge in [-0.2, -0.15) is 0 Å². The van der Waals surface area contributed by atoms with Crippen LogP contribution >= 0.6 is 0 Å². The van der Waals surface area contributed by atoms with E-state index in [1.54, 1.807) is 12.3 Å². The molecule has 0 saturated carbocycles. The molecular formula is C17H22FN3. The van der Waals surface area contributed by atoms with Gasteiger partial charge in [0.2, 0.25) is 0 Å². The number of benzene rings is 1. The molecule has 1 saturated heterocycles. The fraction of sp³-hybridized carbons (Fsp3) is 0.412. The molecule has 21 heavy (non-hydrogen) atoms. The van der Waals surface area contributed by atoms with Crippen LogP contribution in [-0.2, 0) is 6.42 Å². The molecule has 0 radical (unpaired) electrons. The third-order valence-electron chi connectivity index (χ3n) is 3.72. The third-order valence-corrected chi connectivity index (χ3v) is 3.72. The van der Waals surface area contributed by atoms with Crippen molar-refractivity contribution >= 4 is 17.5 Å². The maximum atomic E-state index is 14.3. The SMILES string of the molecule is C/C=C(\C=N/CN1CC(=NC)C1)c1cccc(CC)c1F. The lowest BCUT2D eigenvalue weighted by Gasteiger charge is -2.30. The van der Waals surface area contributed by atoms with Gasteiger partial charge in [-0.05, 0) is 24.5 Å². The van der Waals surface area contributed by atoms with Crippen molar-refractivity contribution in [1.82, 2.24) is 4.90 Å².